The van der Waals surface area contributed by atoms with E-state index in [1.165, 1.54) is 0 Å². The topological polar surface area (TPSA) is 73.0 Å². The van der Waals surface area contributed by atoms with Crippen LogP contribution in [0.1, 0.15) is 18.0 Å². The summed E-state index contributed by atoms with van der Waals surface area (Å²) in [5.41, 5.74) is 7.75. The molecule has 0 saturated heterocycles. The van der Waals surface area contributed by atoms with E-state index in [-0.39, 0.29) is 6.04 Å². The number of aromatic nitrogens is 1. The van der Waals surface area contributed by atoms with Crippen molar-refractivity contribution in [3.63, 3.8) is 0 Å². The molecule has 0 radical (unpaired) electrons. The van der Waals surface area contributed by atoms with E-state index in [4.69, 9.17) is 15.2 Å². The summed E-state index contributed by atoms with van der Waals surface area (Å²) in [5.74, 6) is 2.20. The van der Waals surface area contributed by atoms with Crippen LogP contribution in [0.3, 0.4) is 0 Å². The molecule has 0 saturated carbocycles. The summed E-state index contributed by atoms with van der Waals surface area (Å²) in [6.45, 7) is 0.423. The van der Waals surface area contributed by atoms with Crippen LogP contribution in [0.5, 0.6) is 11.5 Å². The molecule has 1 unspecified atom stereocenters. The van der Waals surface area contributed by atoms with E-state index in [0.29, 0.717) is 12.3 Å². The van der Waals surface area contributed by atoms with Gasteiger partial charge in [-0.2, -0.15) is 5.10 Å². The van der Waals surface area contributed by atoms with E-state index in [1.807, 2.05) is 41.4 Å². The fourth-order valence-electron chi connectivity index (χ4n) is 2.81. The van der Waals surface area contributed by atoms with E-state index in [0.717, 1.165) is 29.3 Å². The third-order valence-electron chi connectivity index (χ3n) is 3.89. The third-order valence-corrected chi connectivity index (χ3v) is 3.89. The van der Waals surface area contributed by atoms with Crippen LogP contribution in [0.2, 0.25) is 0 Å². The molecule has 3 rings (SSSR count). The summed E-state index contributed by atoms with van der Waals surface area (Å²) in [4.78, 5) is 4.41. The van der Waals surface area contributed by atoms with Gasteiger partial charge < -0.3 is 15.2 Å². The lowest BCUT2D eigenvalue weighted by atomic mass is 10.00. The molecule has 2 aromatic rings. The standard InChI is InChI=1S/C17H20N4O2/c1-22-15-7-5-6-13(17(15)23-2)14-10-12(11-18)20-21(14)16-8-3-4-9-19-16/h3-9,14H,10-11,18H2,1-2H3. The van der Waals surface area contributed by atoms with Crippen LogP contribution in [-0.2, 0) is 0 Å². The van der Waals surface area contributed by atoms with Crippen LogP contribution in [-0.4, -0.2) is 31.5 Å². The fourth-order valence-corrected chi connectivity index (χ4v) is 2.81. The van der Waals surface area contributed by atoms with Gasteiger partial charge in [0.25, 0.3) is 0 Å². The highest BCUT2D eigenvalue weighted by atomic mass is 16.5. The molecule has 23 heavy (non-hydrogen) atoms. The van der Waals surface area contributed by atoms with Crippen molar-refractivity contribution >= 4 is 11.5 Å². The zero-order chi connectivity index (χ0) is 16.2. The van der Waals surface area contributed by atoms with Gasteiger partial charge in [-0.15, -0.1) is 0 Å². The lowest BCUT2D eigenvalue weighted by Crippen LogP contribution is -2.20. The predicted octanol–water partition coefficient (Wildman–Crippen LogP) is 2.36. The number of nitrogens with zero attached hydrogens (tertiary/aromatic N) is 3. The molecular weight excluding hydrogens is 292 g/mol. The summed E-state index contributed by atoms with van der Waals surface area (Å²) in [5, 5.41) is 6.53. The zero-order valence-electron chi connectivity index (χ0n) is 13.3. The van der Waals surface area contributed by atoms with Crippen molar-refractivity contribution in [2.45, 2.75) is 12.5 Å². The van der Waals surface area contributed by atoms with Crippen molar-refractivity contribution in [3.8, 4) is 11.5 Å². The third kappa shape index (κ3) is 2.85. The zero-order valence-corrected chi connectivity index (χ0v) is 13.3. The van der Waals surface area contributed by atoms with E-state index < -0.39 is 0 Å². The summed E-state index contributed by atoms with van der Waals surface area (Å²) < 4.78 is 11.0. The van der Waals surface area contributed by atoms with Crippen LogP contribution < -0.4 is 20.2 Å². The number of para-hydroxylation sites is 1. The highest BCUT2D eigenvalue weighted by Crippen LogP contribution is 2.42. The first-order valence-corrected chi connectivity index (χ1v) is 7.46. The van der Waals surface area contributed by atoms with Crippen molar-refractivity contribution < 1.29 is 9.47 Å². The van der Waals surface area contributed by atoms with Gasteiger partial charge in [-0.05, 0) is 18.2 Å². The molecule has 1 aromatic carbocycles. The molecule has 1 aliphatic rings. The highest BCUT2D eigenvalue weighted by molar-refractivity contribution is 5.90. The Morgan fingerprint density at radius 1 is 1.17 bits per heavy atom. The minimum Gasteiger partial charge on any atom is -0.493 e. The maximum absolute atomic E-state index is 5.81. The Kier molecular flexibility index (Phi) is 4.43. The number of methoxy groups -OCH3 is 2. The van der Waals surface area contributed by atoms with Crippen molar-refractivity contribution in [3.05, 3.63) is 48.2 Å². The van der Waals surface area contributed by atoms with Crippen molar-refractivity contribution in [1.82, 2.24) is 4.98 Å². The second kappa shape index (κ2) is 6.66. The monoisotopic (exact) mass is 312 g/mol. The lowest BCUT2D eigenvalue weighted by Gasteiger charge is -2.25. The maximum atomic E-state index is 5.81. The minimum absolute atomic E-state index is 0.0199. The normalized spacial score (nSPS) is 17.1. The summed E-state index contributed by atoms with van der Waals surface area (Å²) in [7, 11) is 3.28. The first kappa shape index (κ1) is 15.3. The maximum Gasteiger partial charge on any atom is 0.166 e. The number of anilines is 1. The van der Waals surface area contributed by atoms with Gasteiger partial charge in [0.05, 0.1) is 26.0 Å². The number of ether oxygens (including phenoxy) is 2. The molecule has 120 valence electrons. The van der Waals surface area contributed by atoms with Gasteiger partial charge in [0, 0.05) is 24.7 Å². The predicted molar refractivity (Wildman–Crippen MR) is 90.1 cm³/mol. The molecule has 0 bridgehead atoms. The smallest absolute Gasteiger partial charge is 0.166 e. The molecule has 2 N–H and O–H groups in total. The average molecular weight is 312 g/mol. The molecule has 1 aliphatic heterocycles. The van der Waals surface area contributed by atoms with E-state index >= 15 is 0 Å². The average Bonchev–Trinajstić information content (AvgIpc) is 3.06. The van der Waals surface area contributed by atoms with Crippen molar-refractivity contribution in [2.75, 3.05) is 25.8 Å². The Balaban J connectivity index is 2.05. The number of pyridine rings is 1. The van der Waals surface area contributed by atoms with Crippen molar-refractivity contribution in [1.29, 1.82) is 0 Å². The summed E-state index contributed by atoms with van der Waals surface area (Å²) in [6, 6.07) is 11.6. The fraction of sp³-hybridized carbons (Fsp3) is 0.294. The number of rotatable bonds is 5. The quantitative estimate of drug-likeness (QED) is 0.917. The molecular formula is C17H20N4O2. The van der Waals surface area contributed by atoms with Gasteiger partial charge >= 0.3 is 0 Å². The van der Waals surface area contributed by atoms with Crippen LogP contribution in [0.25, 0.3) is 0 Å². The molecule has 0 aliphatic carbocycles. The Bertz CT molecular complexity index is 703. The number of hydrogen-bond acceptors (Lipinski definition) is 6. The second-order valence-electron chi connectivity index (χ2n) is 5.21. The molecule has 0 amide bonds. The van der Waals surface area contributed by atoms with Crippen LogP contribution in [0.15, 0.2) is 47.7 Å². The molecule has 2 heterocycles. The van der Waals surface area contributed by atoms with Gasteiger partial charge in [-0.25, -0.2) is 9.99 Å². The Labute approximate surface area is 135 Å². The van der Waals surface area contributed by atoms with Crippen LogP contribution in [0, 0.1) is 0 Å². The van der Waals surface area contributed by atoms with Gasteiger partial charge in [0.15, 0.2) is 11.5 Å². The van der Waals surface area contributed by atoms with E-state index in [1.54, 1.807) is 20.4 Å². The van der Waals surface area contributed by atoms with E-state index in [9.17, 15) is 0 Å². The van der Waals surface area contributed by atoms with Crippen LogP contribution in [0.4, 0.5) is 5.82 Å². The molecule has 1 aromatic heterocycles. The van der Waals surface area contributed by atoms with Gasteiger partial charge in [-0.1, -0.05) is 18.2 Å². The van der Waals surface area contributed by atoms with Crippen molar-refractivity contribution in [2.24, 2.45) is 10.8 Å². The Hall–Kier alpha value is -2.60. The largest absolute Gasteiger partial charge is 0.493 e. The highest BCUT2D eigenvalue weighted by Gasteiger charge is 2.32. The van der Waals surface area contributed by atoms with Gasteiger partial charge in [0.1, 0.15) is 5.82 Å². The molecule has 6 heteroatoms. The number of nitrogens with two attached hydrogens (primary N) is 1. The number of hydrogen-bond donors (Lipinski definition) is 1. The molecule has 0 spiro atoms. The minimum atomic E-state index is -0.0199. The summed E-state index contributed by atoms with van der Waals surface area (Å²) >= 11 is 0. The molecule has 6 nitrogen and oxygen atoms in total. The first-order valence-electron chi connectivity index (χ1n) is 7.46. The number of benzene rings is 1. The Morgan fingerprint density at radius 2 is 2.04 bits per heavy atom. The molecule has 0 fully saturated rings. The lowest BCUT2D eigenvalue weighted by molar-refractivity contribution is 0.349. The van der Waals surface area contributed by atoms with Gasteiger partial charge in [0.2, 0.25) is 0 Å². The number of hydrazone groups is 1. The SMILES string of the molecule is COc1cccc(C2CC(CN)=NN2c2ccccn2)c1OC. The Morgan fingerprint density at radius 3 is 2.70 bits per heavy atom. The van der Waals surface area contributed by atoms with E-state index in [2.05, 4.69) is 10.1 Å². The van der Waals surface area contributed by atoms with Crippen LogP contribution >= 0.6 is 0 Å². The first-order chi connectivity index (χ1) is 11.3. The second-order valence-corrected chi connectivity index (χ2v) is 5.21. The molecule has 1 atom stereocenters. The summed E-state index contributed by atoms with van der Waals surface area (Å²) in [6.07, 6.45) is 2.49. The van der Waals surface area contributed by atoms with Gasteiger partial charge in [-0.3, -0.25) is 0 Å².